The van der Waals surface area contributed by atoms with Crippen LogP contribution in [0.15, 0.2) is 30.3 Å². The fourth-order valence-electron chi connectivity index (χ4n) is 2.06. The van der Waals surface area contributed by atoms with Crippen molar-refractivity contribution in [3.05, 3.63) is 35.9 Å². The molecule has 0 spiro atoms. The molecule has 2 rings (SSSR count). The lowest BCUT2D eigenvalue weighted by Gasteiger charge is -2.30. The van der Waals surface area contributed by atoms with Crippen LogP contribution in [0.3, 0.4) is 0 Å². The Morgan fingerprint density at radius 2 is 1.73 bits per heavy atom. The van der Waals surface area contributed by atoms with Crippen LogP contribution in [-0.2, 0) is 6.54 Å². The first-order valence-electron chi connectivity index (χ1n) is 5.61. The van der Waals surface area contributed by atoms with Gasteiger partial charge in [0.1, 0.15) is 0 Å². The minimum absolute atomic E-state index is 0. The van der Waals surface area contributed by atoms with E-state index >= 15 is 0 Å². The van der Waals surface area contributed by atoms with Crippen molar-refractivity contribution in [1.29, 1.82) is 0 Å². The maximum Gasteiger partial charge on any atom is 0.0233 e. The van der Waals surface area contributed by atoms with Crippen LogP contribution in [0.1, 0.15) is 32.8 Å². The van der Waals surface area contributed by atoms with Gasteiger partial charge in [0.15, 0.2) is 0 Å². The molecule has 1 nitrogen and oxygen atoms in total. The fraction of sp³-hybridized carbons (Fsp3) is 0.571. The molecule has 15 heavy (non-hydrogen) atoms. The summed E-state index contributed by atoms with van der Waals surface area (Å²) in [5, 5.41) is 0. The molecule has 0 N–H and O–H groups in total. The van der Waals surface area contributed by atoms with E-state index in [2.05, 4.69) is 42.2 Å². The zero-order chi connectivity index (χ0) is 9.80. The number of hydrogen-bond acceptors (Lipinski definition) is 1. The van der Waals surface area contributed by atoms with Gasteiger partial charge < -0.3 is 0 Å². The average molecular weight is 205 g/mol. The number of nitrogens with zero attached hydrogens (tertiary/aromatic N) is 1. The van der Waals surface area contributed by atoms with E-state index in [1.54, 1.807) is 0 Å². The number of rotatable bonds is 2. The second kappa shape index (κ2) is 5.92. The highest BCUT2D eigenvalue weighted by Crippen LogP contribution is 2.17. The van der Waals surface area contributed by atoms with Gasteiger partial charge in [-0.2, -0.15) is 0 Å². The van der Waals surface area contributed by atoms with E-state index in [1.165, 1.54) is 31.5 Å². The molecule has 0 unspecified atom stereocenters. The molecule has 1 heteroatoms. The second-order valence-electron chi connectivity index (χ2n) is 4.44. The van der Waals surface area contributed by atoms with E-state index < -0.39 is 0 Å². The summed E-state index contributed by atoms with van der Waals surface area (Å²) >= 11 is 0. The van der Waals surface area contributed by atoms with E-state index in [0.717, 1.165) is 12.5 Å². The van der Waals surface area contributed by atoms with Crippen molar-refractivity contribution in [2.75, 3.05) is 13.1 Å². The minimum atomic E-state index is 0. The summed E-state index contributed by atoms with van der Waals surface area (Å²) in [7, 11) is 0. The van der Waals surface area contributed by atoms with Crippen LogP contribution in [0.25, 0.3) is 0 Å². The molecular weight excluding hydrogens is 182 g/mol. The molecule has 0 aliphatic carbocycles. The van der Waals surface area contributed by atoms with Gasteiger partial charge in [-0.3, -0.25) is 4.90 Å². The lowest BCUT2D eigenvalue weighted by molar-refractivity contribution is 0.185. The van der Waals surface area contributed by atoms with Crippen LogP contribution in [0.5, 0.6) is 0 Å². The van der Waals surface area contributed by atoms with Gasteiger partial charge in [-0.05, 0) is 37.4 Å². The number of hydrogen-bond donors (Lipinski definition) is 0. The topological polar surface area (TPSA) is 3.24 Å². The average Bonchev–Trinajstić information content (AvgIpc) is 2.23. The Bertz CT molecular complexity index is 260. The SMILES string of the molecule is C.CC1CCN(Cc2ccccc2)CC1. The molecule has 1 aliphatic rings. The van der Waals surface area contributed by atoms with Crippen molar-refractivity contribution >= 4 is 0 Å². The summed E-state index contributed by atoms with van der Waals surface area (Å²) in [4.78, 5) is 2.56. The van der Waals surface area contributed by atoms with Crippen molar-refractivity contribution in [3.8, 4) is 0 Å². The Kier molecular flexibility index (Phi) is 4.83. The first-order valence-corrected chi connectivity index (χ1v) is 5.61. The molecule has 0 radical (unpaired) electrons. The highest BCUT2D eigenvalue weighted by atomic mass is 15.1. The first-order chi connectivity index (χ1) is 6.84. The van der Waals surface area contributed by atoms with E-state index in [0.29, 0.717) is 0 Å². The van der Waals surface area contributed by atoms with E-state index in [1.807, 2.05) is 0 Å². The van der Waals surface area contributed by atoms with Crippen LogP contribution in [0, 0.1) is 5.92 Å². The highest BCUT2D eigenvalue weighted by Gasteiger charge is 2.15. The Labute approximate surface area is 94.1 Å². The summed E-state index contributed by atoms with van der Waals surface area (Å²) in [5.41, 5.74) is 1.45. The van der Waals surface area contributed by atoms with Gasteiger partial charge in [-0.15, -0.1) is 0 Å². The Morgan fingerprint density at radius 3 is 2.33 bits per heavy atom. The normalized spacial score (nSPS) is 18.5. The summed E-state index contributed by atoms with van der Waals surface area (Å²) in [6, 6.07) is 10.8. The predicted octanol–water partition coefficient (Wildman–Crippen LogP) is 3.55. The summed E-state index contributed by atoms with van der Waals surface area (Å²) in [5.74, 6) is 0.932. The molecule has 0 bridgehead atoms. The fourth-order valence-corrected chi connectivity index (χ4v) is 2.06. The van der Waals surface area contributed by atoms with Crippen LogP contribution < -0.4 is 0 Å². The van der Waals surface area contributed by atoms with Gasteiger partial charge in [0, 0.05) is 6.54 Å². The van der Waals surface area contributed by atoms with Gasteiger partial charge in [-0.25, -0.2) is 0 Å². The lowest BCUT2D eigenvalue weighted by Crippen LogP contribution is -2.32. The smallest absolute Gasteiger partial charge is 0.0233 e. The van der Waals surface area contributed by atoms with Gasteiger partial charge in [0.05, 0.1) is 0 Å². The number of likely N-dealkylation sites (tertiary alicyclic amines) is 1. The number of piperidine rings is 1. The third-order valence-electron chi connectivity index (χ3n) is 3.13. The molecule has 1 aromatic carbocycles. The van der Waals surface area contributed by atoms with Gasteiger partial charge in [0.25, 0.3) is 0 Å². The standard InChI is InChI=1S/C13H19N.CH4/c1-12-7-9-14(10-8-12)11-13-5-3-2-4-6-13;/h2-6,12H,7-11H2,1H3;1H4. The van der Waals surface area contributed by atoms with Crippen molar-refractivity contribution in [2.45, 2.75) is 33.7 Å². The molecule has 1 aliphatic heterocycles. The highest BCUT2D eigenvalue weighted by molar-refractivity contribution is 5.14. The molecular formula is C14H23N. The molecule has 0 atom stereocenters. The molecule has 1 aromatic rings. The minimum Gasteiger partial charge on any atom is -0.299 e. The summed E-state index contributed by atoms with van der Waals surface area (Å²) < 4.78 is 0. The van der Waals surface area contributed by atoms with Crippen LogP contribution in [-0.4, -0.2) is 18.0 Å². The molecule has 0 aromatic heterocycles. The zero-order valence-corrected chi connectivity index (χ0v) is 8.95. The van der Waals surface area contributed by atoms with Crippen LogP contribution >= 0.6 is 0 Å². The largest absolute Gasteiger partial charge is 0.299 e. The molecule has 1 heterocycles. The Balaban J connectivity index is 0.00000112. The Morgan fingerprint density at radius 1 is 1.13 bits per heavy atom. The van der Waals surface area contributed by atoms with Gasteiger partial charge in [0.2, 0.25) is 0 Å². The third-order valence-corrected chi connectivity index (χ3v) is 3.13. The molecule has 1 fully saturated rings. The van der Waals surface area contributed by atoms with Crippen molar-refractivity contribution in [2.24, 2.45) is 5.92 Å². The van der Waals surface area contributed by atoms with E-state index in [-0.39, 0.29) is 7.43 Å². The van der Waals surface area contributed by atoms with Gasteiger partial charge >= 0.3 is 0 Å². The van der Waals surface area contributed by atoms with E-state index in [9.17, 15) is 0 Å². The number of benzene rings is 1. The monoisotopic (exact) mass is 205 g/mol. The van der Waals surface area contributed by atoms with Crippen molar-refractivity contribution < 1.29 is 0 Å². The summed E-state index contributed by atoms with van der Waals surface area (Å²) in [6.07, 6.45) is 2.74. The second-order valence-corrected chi connectivity index (χ2v) is 4.44. The lowest BCUT2D eigenvalue weighted by atomic mass is 9.99. The Hall–Kier alpha value is -0.820. The van der Waals surface area contributed by atoms with Crippen molar-refractivity contribution in [3.63, 3.8) is 0 Å². The molecule has 0 saturated carbocycles. The first kappa shape index (κ1) is 12.3. The maximum atomic E-state index is 2.56. The predicted molar refractivity (Wildman–Crippen MR) is 66.8 cm³/mol. The maximum absolute atomic E-state index is 2.56. The van der Waals surface area contributed by atoms with Crippen LogP contribution in [0.4, 0.5) is 0 Å². The molecule has 1 saturated heterocycles. The quantitative estimate of drug-likeness (QED) is 0.713. The molecule has 0 amide bonds. The van der Waals surface area contributed by atoms with Crippen molar-refractivity contribution in [1.82, 2.24) is 4.90 Å². The zero-order valence-electron chi connectivity index (χ0n) is 8.95. The molecule has 84 valence electrons. The van der Waals surface area contributed by atoms with E-state index in [4.69, 9.17) is 0 Å². The third kappa shape index (κ3) is 3.67. The van der Waals surface area contributed by atoms with Crippen LogP contribution in [0.2, 0.25) is 0 Å². The summed E-state index contributed by atoms with van der Waals surface area (Å²) in [6.45, 7) is 6.04. The van der Waals surface area contributed by atoms with Gasteiger partial charge in [-0.1, -0.05) is 44.7 Å².